The molecule has 0 unspecified atom stereocenters. The van der Waals surface area contributed by atoms with E-state index in [0.29, 0.717) is 18.0 Å². The van der Waals surface area contributed by atoms with E-state index in [1.165, 1.54) is 32.4 Å². The molecule has 0 amide bonds. The van der Waals surface area contributed by atoms with Crippen LogP contribution in [-0.4, -0.2) is 44.3 Å². The summed E-state index contributed by atoms with van der Waals surface area (Å²) in [5, 5.41) is 11.1. The summed E-state index contributed by atoms with van der Waals surface area (Å²) in [5.74, 6) is -0.763. The molecular weight excluding hydrogens is 467 g/mol. The molecular formula is C20H22Cl2N2O8. The lowest BCUT2D eigenvalue weighted by molar-refractivity contribution is -0.385. The molecule has 174 valence electrons. The van der Waals surface area contributed by atoms with E-state index in [1.807, 2.05) is 6.92 Å². The number of nitrogen functional groups attached to an aromatic ring is 1. The first-order valence-electron chi connectivity index (χ1n) is 9.10. The average molecular weight is 489 g/mol. The molecule has 2 aromatic carbocycles. The van der Waals surface area contributed by atoms with Crippen molar-refractivity contribution in [2.24, 2.45) is 0 Å². The van der Waals surface area contributed by atoms with Crippen molar-refractivity contribution in [2.75, 3.05) is 33.2 Å². The van der Waals surface area contributed by atoms with Gasteiger partial charge in [0.25, 0.3) is 0 Å². The number of hydrogen-bond donors (Lipinski definition) is 1. The molecule has 2 aromatic rings. The van der Waals surface area contributed by atoms with Crippen LogP contribution in [0.2, 0.25) is 10.0 Å². The first-order valence-corrected chi connectivity index (χ1v) is 9.85. The molecule has 0 aliphatic rings. The third-order valence-electron chi connectivity index (χ3n) is 3.76. The predicted octanol–water partition coefficient (Wildman–Crippen LogP) is 4.54. The van der Waals surface area contributed by atoms with Crippen molar-refractivity contribution in [3.63, 3.8) is 0 Å². The Bertz CT molecular complexity index is 998. The fraction of sp³-hybridized carbons (Fsp3) is 0.300. The van der Waals surface area contributed by atoms with Crippen molar-refractivity contribution in [2.45, 2.75) is 13.8 Å². The number of halogens is 2. The van der Waals surface area contributed by atoms with Crippen LogP contribution >= 0.6 is 23.2 Å². The van der Waals surface area contributed by atoms with Crippen molar-refractivity contribution >= 4 is 46.5 Å². The number of carbonyl (C=O) groups excluding carboxylic acids is 2. The summed E-state index contributed by atoms with van der Waals surface area (Å²) in [7, 11) is 2.45. The Hall–Kier alpha value is -3.24. The van der Waals surface area contributed by atoms with Gasteiger partial charge in [0.15, 0.2) is 5.75 Å². The molecule has 0 bridgehead atoms. The lowest BCUT2D eigenvalue weighted by Crippen LogP contribution is -2.05. The van der Waals surface area contributed by atoms with Crippen molar-refractivity contribution in [1.82, 2.24) is 0 Å². The largest absolute Gasteiger partial charge is 0.492 e. The maximum absolute atomic E-state index is 11.3. The average Bonchev–Trinajstić information content (AvgIpc) is 2.75. The molecule has 0 aliphatic carbocycles. The van der Waals surface area contributed by atoms with Crippen LogP contribution in [0.1, 0.15) is 34.6 Å². The summed E-state index contributed by atoms with van der Waals surface area (Å²) < 4.78 is 19.3. The van der Waals surface area contributed by atoms with Crippen molar-refractivity contribution < 1.29 is 33.5 Å². The molecule has 0 radical (unpaired) electrons. The highest BCUT2D eigenvalue weighted by Gasteiger charge is 2.22. The Labute approximate surface area is 194 Å². The number of nitro benzene ring substituents is 1. The first kappa shape index (κ1) is 26.8. The van der Waals surface area contributed by atoms with E-state index in [-0.39, 0.29) is 39.2 Å². The lowest BCUT2D eigenvalue weighted by Gasteiger charge is -2.09. The number of rotatable bonds is 7. The van der Waals surface area contributed by atoms with Crippen molar-refractivity contribution in [1.29, 1.82) is 0 Å². The minimum absolute atomic E-state index is 0.0233. The second kappa shape index (κ2) is 12.6. The predicted molar refractivity (Wildman–Crippen MR) is 119 cm³/mol. The van der Waals surface area contributed by atoms with Gasteiger partial charge in [-0.2, -0.15) is 0 Å². The lowest BCUT2D eigenvalue weighted by atomic mass is 10.2. The van der Waals surface area contributed by atoms with Crippen molar-refractivity contribution in [3.8, 4) is 11.5 Å². The number of carbonyl (C=O) groups is 2. The molecule has 0 atom stereocenters. The van der Waals surface area contributed by atoms with Gasteiger partial charge in [-0.05, 0) is 19.9 Å². The zero-order valence-corrected chi connectivity index (χ0v) is 19.3. The van der Waals surface area contributed by atoms with E-state index in [4.69, 9.17) is 38.4 Å². The minimum Gasteiger partial charge on any atom is -0.492 e. The molecule has 12 heteroatoms. The van der Waals surface area contributed by atoms with Gasteiger partial charge in [-0.1, -0.05) is 23.2 Å². The van der Waals surface area contributed by atoms with E-state index >= 15 is 0 Å². The topological polar surface area (TPSA) is 140 Å². The van der Waals surface area contributed by atoms with Gasteiger partial charge in [0.1, 0.15) is 5.75 Å². The molecule has 0 spiro atoms. The van der Waals surface area contributed by atoms with Crippen molar-refractivity contribution in [3.05, 3.63) is 55.6 Å². The number of nitrogens with two attached hydrogens (primary N) is 1. The highest BCUT2D eigenvalue weighted by Crippen LogP contribution is 2.33. The van der Waals surface area contributed by atoms with E-state index in [1.54, 1.807) is 6.92 Å². The Morgan fingerprint density at radius 1 is 0.906 bits per heavy atom. The minimum atomic E-state index is -0.735. The Balaban J connectivity index is 0.000000323. The summed E-state index contributed by atoms with van der Waals surface area (Å²) >= 11 is 11.7. The highest BCUT2D eigenvalue weighted by molar-refractivity contribution is 6.34. The summed E-state index contributed by atoms with van der Waals surface area (Å²) in [5.41, 5.74) is 5.89. The van der Waals surface area contributed by atoms with Crippen LogP contribution in [0.25, 0.3) is 0 Å². The molecule has 0 aliphatic heterocycles. The number of nitro groups is 1. The number of nitrogens with zero attached hydrogens (tertiary/aromatic N) is 1. The van der Waals surface area contributed by atoms with Gasteiger partial charge < -0.3 is 24.7 Å². The van der Waals surface area contributed by atoms with Gasteiger partial charge in [0, 0.05) is 18.2 Å². The molecule has 10 nitrogen and oxygen atoms in total. The van der Waals surface area contributed by atoms with E-state index in [9.17, 15) is 19.7 Å². The van der Waals surface area contributed by atoms with Crippen LogP contribution < -0.4 is 15.2 Å². The van der Waals surface area contributed by atoms with Crippen LogP contribution in [0, 0.1) is 10.1 Å². The Morgan fingerprint density at radius 3 is 1.78 bits per heavy atom. The number of hydrogen-bond acceptors (Lipinski definition) is 9. The number of esters is 2. The van der Waals surface area contributed by atoms with Crippen LogP contribution in [0.15, 0.2) is 24.3 Å². The Kier molecular flexibility index (Phi) is 10.5. The summed E-state index contributed by atoms with van der Waals surface area (Å²) in [6.45, 7) is 4.26. The van der Waals surface area contributed by atoms with Crippen LogP contribution in [0.5, 0.6) is 11.5 Å². The fourth-order valence-electron chi connectivity index (χ4n) is 2.34. The van der Waals surface area contributed by atoms with E-state index in [0.717, 1.165) is 6.07 Å². The van der Waals surface area contributed by atoms with Crippen LogP contribution in [0.4, 0.5) is 11.4 Å². The van der Waals surface area contributed by atoms with Crippen LogP contribution in [0.3, 0.4) is 0 Å². The van der Waals surface area contributed by atoms with Gasteiger partial charge >= 0.3 is 17.6 Å². The Morgan fingerprint density at radius 2 is 1.34 bits per heavy atom. The zero-order valence-electron chi connectivity index (χ0n) is 17.8. The van der Waals surface area contributed by atoms with Crippen LogP contribution in [-0.2, 0) is 9.47 Å². The zero-order chi connectivity index (χ0) is 24.4. The van der Waals surface area contributed by atoms with Gasteiger partial charge in [0.2, 0.25) is 0 Å². The fourth-order valence-corrected chi connectivity index (χ4v) is 2.80. The maximum atomic E-state index is 11.3. The number of anilines is 1. The maximum Gasteiger partial charge on any atom is 0.339 e. The molecule has 0 fully saturated rings. The molecule has 0 saturated carbocycles. The normalized spacial score (nSPS) is 9.81. The second-order valence-electron chi connectivity index (χ2n) is 5.78. The highest BCUT2D eigenvalue weighted by atomic mass is 35.5. The molecule has 0 saturated heterocycles. The van der Waals surface area contributed by atoms with Gasteiger partial charge in [0.05, 0.1) is 59.2 Å². The molecule has 2 rings (SSSR count). The smallest absolute Gasteiger partial charge is 0.339 e. The molecule has 32 heavy (non-hydrogen) atoms. The first-order chi connectivity index (χ1) is 15.1. The summed E-state index contributed by atoms with van der Waals surface area (Å²) in [6, 6.07) is 5.22. The SMILES string of the molecule is CCOc1cc(Cl)c(C(=O)OC)cc1N.CCOc1cc(Cl)c(C(=O)OC)cc1[N+](=O)[O-]. The third-order valence-corrected chi connectivity index (χ3v) is 4.38. The number of ether oxygens (including phenoxy) is 4. The number of methoxy groups -OCH3 is 2. The van der Waals surface area contributed by atoms with Gasteiger partial charge in [-0.25, -0.2) is 9.59 Å². The van der Waals surface area contributed by atoms with E-state index in [2.05, 4.69) is 9.47 Å². The van der Waals surface area contributed by atoms with E-state index < -0.39 is 16.9 Å². The third kappa shape index (κ3) is 6.89. The molecule has 0 aromatic heterocycles. The summed E-state index contributed by atoms with van der Waals surface area (Å²) in [4.78, 5) is 32.7. The number of benzene rings is 2. The van der Waals surface area contributed by atoms with Gasteiger partial charge in [-0.3, -0.25) is 10.1 Å². The standard InChI is InChI=1S/C10H10ClNO5.C10H12ClNO3/c1-3-17-9-5-7(11)6(10(13)16-2)4-8(9)12(14)15;1-3-15-9-5-7(11)6(4-8(9)12)10(13)14-2/h4-5H,3H2,1-2H3;4-5H,3,12H2,1-2H3. The molecule has 0 heterocycles. The quantitative estimate of drug-likeness (QED) is 0.257. The summed E-state index contributed by atoms with van der Waals surface area (Å²) in [6.07, 6.45) is 0. The molecule has 2 N–H and O–H groups in total. The second-order valence-corrected chi connectivity index (χ2v) is 6.59. The van der Waals surface area contributed by atoms with Gasteiger partial charge in [-0.15, -0.1) is 0 Å². The monoisotopic (exact) mass is 488 g/mol.